The lowest BCUT2D eigenvalue weighted by atomic mass is 10.0. The summed E-state index contributed by atoms with van der Waals surface area (Å²) in [4.78, 5) is 0. The highest BCUT2D eigenvalue weighted by Gasteiger charge is 2.28. The molecule has 19 heavy (non-hydrogen) atoms. The Hall–Kier alpha value is -0.170. The smallest absolute Gasteiger partial charge is 0.211 e. The first-order valence-electron chi connectivity index (χ1n) is 7.40. The predicted octanol–water partition coefficient (Wildman–Crippen LogP) is 0.721. The molecule has 2 fully saturated rings. The third-order valence-corrected chi connectivity index (χ3v) is 5.74. The molecule has 112 valence electrons. The van der Waals surface area contributed by atoms with Crippen LogP contribution in [-0.2, 0) is 14.8 Å². The van der Waals surface area contributed by atoms with E-state index in [2.05, 4.69) is 17.0 Å². The van der Waals surface area contributed by atoms with E-state index in [9.17, 15) is 8.42 Å². The van der Waals surface area contributed by atoms with Gasteiger partial charge in [-0.25, -0.2) is 13.1 Å². The quantitative estimate of drug-likeness (QED) is 0.756. The molecule has 2 aliphatic heterocycles. The van der Waals surface area contributed by atoms with Crippen molar-refractivity contribution in [2.24, 2.45) is 11.8 Å². The molecule has 0 radical (unpaired) electrons. The molecule has 2 N–H and O–H groups in total. The molecule has 0 saturated carbocycles. The van der Waals surface area contributed by atoms with Gasteiger partial charge in [0.25, 0.3) is 0 Å². The zero-order chi connectivity index (χ0) is 13.7. The summed E-state index contributed by atoms with van der Waals surface area (Å²) in [6.07, 6.45) is 4.08. The highest BCUT2D eigenvalue weighted by Crippen LogP contribution is 2.23. The summed E-state index contributed by atoms with van der Waals surface area (Å²) in [6, 6.07) is 0. The Morgan fingerprint density at radius 2 is 2.00 bits per heavy atom. The van der Waals surface area contributed by atoms with E-state index in [0.717, 1.165) is 45.4 Å². The standard InChI is InChI=1S/C13H26N2O3S/c1-2-13-12(5-8-18-13)9-15-19(16,17)10-11-3-6-14-7-4-11/h11-15H,2-10H2,1H3. The number of rotatable bonds is 6. The molecule has 2 saturated heterocycles. The van der Waals surface area contributed by atoms with E-state index in [-0.39, 0.29) is 11.9 Å². The predicted molar refractivity (Wildman–Crippen MR) is 75.5 cm³/mol. The summed E-state index contributed by atoms with van der Waals surface area (Å²) in [5.41, 5.74) is 0. The first-order valence-corrected chi connectivity index (χ1v) is 9.05. The van der Waals surface area contributed by atoms with Gasteiger partial charge >= 0.3 is 0 Å². The molecule has 2 rings (SSSR count). The lowest BCUT2D eigenvalue weighted by molar-refractivity contribution is 0.0884. The molecule has 2 heterocycles. The Bertz CT molecular complexity index is 366. The van der Waals surface area contributed by atoms with E-state index in [1.165, 1.54) is 0 Å². The summed E-state index contributed by atoms with van der Waals surface area (Å²) in [5, 5.41) is 3.26. The van der Waals surface area contributed by atoms with Gasteiger partial charge in [0.1, 0.15) is 0 Å². The van der Waals surface area contributed by atoms with Crippen LogP contribution in [0.4, 0.5) is 0 Å². The second-order valence-electron chi connectivity index (χ2n) is 5.69. The van der Waals surface area contributed by atoms with Crippen molar-refractivity contribution in [1.29, 1.82) is 0 Å². The Morgan fingerprint density at radius 3 is 2.68 bits per heavy atom. The van der Waals surface area contributed by atoms with Crippen molar-refractivity contribution >= 4 is 10.0 Å². The zero-order valence-electron chi connectivity index (χ0n) is 11.7. The molecule has 0 aromatic rings. The first kappa shape index (κ1) is 15.2. The van der Waals surface area contributed by atoms with Crippen molar-refractivity contribution < 1.29 is 13.2 Å². The molecular weight excluding hydrogens is 264 g/mol. The molecule has 6 heteroatoms. The van der Waals surface area contributed by atoms with E-state index >= 15 is 0 Å². The van der Waals surface area contributed by atoms with Crippen molar-refractivity contribution in [3.05, 3.63) is 0 Å². The third-order valence-electron chi connectivity index (χ3n) is 4.23. The van der Waals surface area contributed by atoms with Crippen molar-refractivity contribution in [3.63, 3.8) is 0 Å². The zero-order valence-corrected chi connectivity index (χ0v) is 12.5. The van der Waals surface area contributed by atoms with Crippen molar-refractivity contribution in [2.75, 3.05) is 32.0 Å². The molecule has 2 atom stereocenters. The van der Waals surface area contributed by atoms with Crippen LogP contribution in [0.5, 0.6) is 0 Å². The lowest BCUT2D eigenvalue weighted by Gasteiger charge is -2.23. The Morgan fingerprint density at radius 1 is 1.26 bits per heavy atom. The van der Waals surface area contributed by atoms with Crippen LogP contribution >= 0.6 is 0 Å². The highest BCUT2D eigenvalue weighted by molar-refractivity contribution is 7.89. The maximum Gasteiger partial charge on any atom is 0.211 e. The van der Waals surface area contributed by atoms with Crippen LogP contribution in [0.1, 0.15) is 32.6 Å². The average Bonchev–Trinajstić information content (AvgIpc) is 2.84. The Kier molecular flexibility index (Phi) is 5.62. The van der Waals surface area contributed by atoms with Crippen molar-refractivity contribution in [3.8, 4) is 0 Å². The van der Waals surface area contributed by atoms with Gasteiger partial charge in [-0.3, -0.25) is 0 Å². The second kappa shape index (κ2) is 7.02. The molecule has 0 aromatic carbocycles. The number of sulfonamides is 1. The van der Waals surface area contributed by atoms with Crippen LogP contribution in [0.25, 0.3) is 0 Å². The van der Waals surface area contributed by atoms with Crippen molar-refractivity contribution in [1.82, 2.24) is 10.0 Å². The lowest BCUT2D eigenvalue weighted by Crippen LogP contribution is -2.38. The Labute approximate surface area is 116 Å². The van der Waals surface area contributed by atoms with Crippen LogP contribution in [0, 0.1) is 11.8 Å². The number of nitrogens with one attached hydrogen (secondary N) is 2. The normalized spacial score (nSPS) is 29.7. The summed E-state index contributed by atoms with van der Waals surface area (Å²) in [5.74, 6) is 0.923. The molecule has 2 aliphatic rings. The average molecular weight is 290 g/mol. The number of piperidine rings is 1. The molecule has 0 spiro atoms. The minimum Gasteiger partial charge on any atom is -0.378 e. The van der Waals surface area contributed by atoms with E-state index in [1.807, 2.05) is 0 Å². The van der Waals surface area contributed by atoms with Gasteiger partial charge in [-0.1, -0.05) is 6.92 Å². The number of hydrogen-bond donors (Lipinski definition) is 2. The largest absolute Gasteiger partial charge is 0.378 e. The molecule has 0 aromatic heterocycles. The molecular formula is C13H26N2O3S. The van der Waals surface area contributed by atoms with Crippen LogP contribution in [0.2, 0.25) is 0 Å². The Balaban J connectivity index is 1.77. The van der Waals surface area contributed by atoms with Gasteiger partial charge in [0, 0.05) is 19.1 Å². The molecule has 0 amide bonds. The van der Waals surface area contributed by atoms with Gasteiger partial charge in [0.2, 0.25) is 10.0 Å². The van der Waals surface area contributed by atoms with Crippen molar-refractivity contribution in [2.45, 2.75) is 38.7 Å². The SMILES string of the molecule is CCC1OCCC1CNS(=O)(=O)CC1CCNCC1. The van der Waals surface area contributed by atoms with E-state index in [1.54, 1.807) is 0 Å². The van der Waals surface area contributed by atoms with Crippen LogP contribution in [0.15, 0.2) is 0 Å². The monoisotopic (exact) mass is 290 g/mol. The van der Waals surface area contributed by atoms with Gasteiger partial charge in [-0.05, 0) is 44.7 Å². The minimum atomic E-state index is -3.13. The molecule has 0 bridgehead atoms. The van der Waals surface area contributed by atoms with Gasteiger partial charge in [0.15, 0.2) is 0 Å². The van der Waals surface area contributed by atoms with Gasteiger partial charge in [-0.15, -0.1) is 0 Å². The van der Waals surface area contributed by atoms with Crippen LogP contribution in [0.3, 0.4) is 0 Å². The highest BCUT2D eigenvalue weighted by atomic mass is 32.2. The summed E-state index contributed by atoms with van der Waals surface area (Å²) >= 11 is 0. The fourth-order valence-electron chi connectivity index (χ4n) is 3.03. The number of ether oxygens (including phenoxy) is 1. The van der Waals surface area contributed by atoms with Crippen LogP contribution < -0.4 is 10.0 Å². The first-order chi connectivity index (χ1) is 9.11. The summed E-state index contributed by atoms with van der Waals surface area (Å²) in [7, 11) is -3.13. The maximum atomic E-state index is 12.1. The van der Waals surface area contributed by atoms with E-state index in [4.69, 9.17) is 4.74 Å². The van der Waals surface area contributed by atoms with Gasteiger partial charge in [0.05, 0.1) is 11.9 Å². The van der Waals surface area contributed by atoms with Gasteiger partial charge < -0.3 is 10.1 Å². The third kappa shape index (κ3) is 4.70. The second-order valence-corrected chi connectivity index (χ2v) is 7.54. The van der Waals surface area contributed by atoms with E-state index < -0.39 is 10.0 Å². The fraction of sp³-hybridized carbons (Fsp3) is 1.00. The number of hydrogen-bond acceptors (Lipinski definition) is 4. The molecule has 0 aliphatic carbocycles. The van der Waals surface area contributed by atoms with Crippen LogP contribution in [-0.4, -0.2) is 46.5 Å². The molecule has 2 unspecified atom stereocenters. The summed E-state index contributed by atoms with van der Waals surface area (Å²) in [6.45, 7) is 5.26. The van der Waals surface area contributed by atoms with E-state index in [0.29, 0.717) is 18.4 Å². The minimum absolute atomic E-state index is 0.224. The molecule has 5 nitrogen and oxygen atoms in total. The maximum absolute atomic E-state index is 12.1. The topological polar surface area (TPSA) is 67.4 Å². The summed E-state index contributed by atoms with van der Waals surface area (Å²) < 4.78 is 32.5. The van der Waals surface area contributed by atoms with Gasteiger partial charge in [-0.2, -0.15) is 0 Å². The fourth-order valence-corrected chi connectivity index (χ4v) is 4.57.